The fraction of sp³-hybridized carbons (Fsp3) is 0.111. The lowest BCUT2D eigenvalue weighted by molar-refractivity contribution is 1.27. The van der Waals surface area contributed by atoms with E-state index in [1.54, 1.807) is 0 Å². The Morgan fingerprint density at radius 2 is 0.900 bits per heavy atom. The molecule has 0 aliphatic rings. The Kier molecular flexibility index (Phi) is 6.39. The number of aryl methyl sites for hydroxylation is 3. The van der Waals surface area contributed by atoms with Crippen LogP contribution in [0.5, 0.6) is 0 Å². The first kappa shape index (κ1) is 21.2. The summed E-state index contributed by atoms with van der Waals surface area (Å²) in [6.45, 7) is 4.46. The summed E-state index contributed by atoms with van der Waals surface area (Å²) in [6, 6.07) is 35.7. The van der Waals surface area contributed by atoms with Crippen molar-refractivity contribution in [1.29, 1.82) is 0 Å². The van der Waals surface area contributed by atoms with Crippen LogP contribution in [0.2, 0.25) is 0 Å². The first-order valence-electron chi connectivity index (χ1n) is 10.1. The normalized spacial score (nSPS) is 11.5. The van der Waals surface area contributed by atoms with Crippen LogP contribution >= 0.6 is 30.5 Å². The van der Waals surface area contributed by atoms with E-state index in [0.717, 1.165) is 4.90 Å². The molecule has 3 heteroatoms. The molecular weight excluding hydrogens is 419 g/mol. The van der Waals surface area contributed by atoms with Gasteiger partial charge in [-0.15, -0.1) is 12.6 Å². The van der Waals surface area contributed by atoms with Gasteiger partial charge in [0.1, 0.15) is 15.9 Å². The number of rotatable bonds is 5. The van der Waals surface area contributed by atoms with E-state index in [1.807, 2.05) is 11.4 Å². The second-order valence-corrected chi connectivity index (χ2v) is 13.7. The highest BCUT2D eigenvalue weighted by molar-refractivity contribution is 8.69. The molecule has 0 saturated carbocycles. The van der Waals surface area contributed by atoms with E-state index in [2.05, 4.69) is 118 Å². The van der Waals surface area contributed by atoms with Gasteiger partial charge in [-0.25, -0.2) is 0 Å². The Balaban J connectivity index is 2.03. The molecule has 30 heavy (non-hydrogen) atoms. The highest BCUT2D eigenvalue weighted by atomic mass is 32.7. The van der Waals surface area contributed by atoms with Crippen LogP contribution < -0.4 is 15.9 Å². The van der Waals surface area contributed by atoms with Gasteiger partial charge in [0.2, 0.25) is 0 Å². The molecule has 0 fully saturated rings. The third-order valence-corrected chi connectivity index (χ3v) is 13.0. The van der Waals surface area contributed by atoms with Crippen molar-refractivity contribution < 1.29 is 0 Å². The maximum Gasteiger partial charge on any atom is 0.176 e. The molecular formula is C27H26PS2+. The van der Waals surface area contributed by atoms with Crippen molar-refractivity contribution in [1.82, 2.24) is 0 Å². The minimum atomic E-state index is -1.99. The highest BCUT2D eigenvalue weighted by Gasteiger charge is 2.48. The van der Waals surface area contributed by atoms with E-state index in [9.17, 15) is 0 Å². The summed E-state index contributed by atoms with van der Waals surface area (Å²) in [6.07, 6.45) is 0. The first-order valence-corrected chi connectivity index (χ1v) is 13.7. The Morgan fingerprint density at radius 3 is 1.27 bits per heavy atom. The third kappa shape index (κ3) is 4.23. The van der Waals surface area contributed by atoms with Crippen molar-refractivity contribution in [3.63, 3.8) is 0 Å². The summed E-state index contributed by atoms with van der Waals surface area (Å²) >= 11 is 6.77. The Morgan fingerprint density at radius 1 is 0.533 bits per heavy atom. The molecule has 0 aromatic heterocycles. The molecule has 0 radical (unpaired) electrons. The van der Waals surface area contributed by atoms with Crippen LogP contribution in [0.4, 0.5) is 0 Å². The molecule has 0 amide bonds. The first-order chi connectivity index (χ1) is 14.5. The monoisotopic (exact) mass is 445 g/mol. The highest BCUT2D eigenvalue weighted by Crippen LogP contribution is 2.69. The zero-order valence-electron chi connectivity index (χ0n) is 17.5. The molecule has 4 rings (SSSR count). The molecule has 4 aromatic rings. The van der Waals surface area contributed by atoms with Crippen LogP contribution in [-0.2, 0) is 0 Å². The summed E-state index contributed by atoms with van der Waals surface area (Å²) in [7, 11) is 0. The van der Waals surface area contributed by atoms with Crippen LogP contribution in [0.15, 0.2) is 107 Å². The van der Waals surface area contributed by atoms with Crippen LogP contribution in [0.1, 0.15) is 16.7 Å². The smallest absolute Gasteiger partial charge is 0.142 e. The molecule has 0 bridgehead atoms. The second kappa shape index (κ2) is 9.02. The minimum Gasteiger partial charge on any atom is -0.142 e. The van der Waals surface area contributed by atoms with Gasteiger partial charge in [0.15, 0.2) is 6.46 Å². The predicted molar refractivity (Wildman–Crippen MR) is 139 cm³/mol. The lowest BCUT2D eigenvalue weighted by atomic mass is 10.2. The molecule has 0 nitrogen and oxygen atoms in total. The quantitative estimate of drug-likeness (QED) is 0.257. The van der Waals surface area contributed by atoms with Crippen molar-refractivity contribution in [3.05, 3.63) is 114 Å². The Labute approximate surface area is 190 Å². The number of hydrogen-bond donors (Lipinski definition) is 1. The predicted octanol–water partition coefficient (Wildman–Crippen LogP) is 6.90. The van der Waals surface area contributed by atoms with Gasteiger partial charge in [0.05, 0.1) is 16.3 Å². The number of hydrogen-bond acceptors (Lipinski definition) is 2. The topological polar surface area (TPSA) is 0 Å². The lowest BCUT2D eigenvalue weighted by Crippen LogP contribution is -2.29. The van der Waals surface area contributed by atoms with Gasteiger partial charge in [-0.2, -0.15) is 0 Å². The third-order valence-electron chi connectivity index (χ3n) is 5.29. The SMILES string of the molecule is Cc1ccc([P+](Sc2ccccc2S)(c2ccc(C)cc2)c2ccc(C)cc2)cc1. The zero-order chi connectivity index (χ0) is 21.1. The van der Waals surface area contributed by atoms with Gasteiger partial charge in [0.25, 0.3) is 0 Å². The largest absolute Gasteiger partial charge is 0.176 e. The van der Waals surface area contributed by atoms with Gasteiger partial charge in [-0.1, -0.05) is 65.2 Å². The van der Waals surface area contributed by atoms with Crippen LogP contribution in [0, 0.1) is 20.8 Å². The zero-order valence-corrected chi connectivity index (χ0v) is 20.1. The molecule has 0 heterocycles. The van der Waals surface area contributed by atoms with Crippen molar-refractivity contribution in [2.45, 2.75) is 30.6 Å². The summed E-state index contributed by atoms with van der Waals surface area (Å²) in [5.74, 6) is 0. The van der Waals surface area contributed by atoms with E-state index in [0.29, 0.717) is 0 Å². The van der Waals surface area contributed by atoms with Gasteiger partial charge >= 0.3 is 0 Å². The molecule has 0 atom stereocenters. The summed E-state index contributed by atoms with van der Waals surface area (Å²) in [5.41, 5.74) is 3.85. The van der Waals surface area contributed by atoms with Crippen molar-refractivity contribution in [2.24, 2.45) is 0 Å². The fourth-order valence-corrected chi connectivity index (χ4v) is 11.0. The van der Waals surface area contributed by atoms with Gasteiger partial charge in [-0.3, -0.25) is 0 Å². The van der Waals surface area contributed by atoms with E-state index >= 15 is 0 Å². The Hall–Kier alpha value is -1.99. The van der Waals surface area contributed by atoms with E-state index < -0.39 is 6.46 Å². The van der Waals surface area contributed by atoms with Gasteiger partial charge in [-0.05, 0) is 69.3 Å². The van der Waals surface area contributed by atoms with E-state index in [1.165, 1.54) is 37.5 Å². The van der Waals surface area contributed by atoms with E-state index in [-0.39, 0.29) is 0 Å². The van der Waals surface area contributed by atoms with Crippen molar-refractivity contribution in [3.8, 4) is 0 Å². The molecule has 4 aromatic carbocycles. The summed E-state index contributed by atoms with van der Waals surface area (Å²) in [4.78, 5) is 2.24. The van der Waals surface area contributed by atoms with Crippen LogP contribution in [0.3, 0.4) is 0 Å². The fourth-order valence-electron chi connectivity index (χ4n) is 3.55. The molecule has 0 N–H and O–H groups in total. The lowest BCUT2D eigenvalue weighted by Gasteiger charge is -2.26. The van der Waals surface area contributed by atoms with Crippen molar-refractivity contribution >= 4 is 46.4 Å². The summed E-state index contributed by atoms with van der Waals surface area (Å²) < 4.78 is 0. The maximum absolute atomic E-state index is 4.79. The molecule has 0 aliphatic carbocycles. The molecule has 0 spiro atoms. The van der Waals surface area contributed by atoms with Crippen LogP contribution in [0.25, 0.3) is 0 Å². The van der Waals surface area contributed by atoms with Gasteiger partial charge < -0.3 is 0 Å². The molecule has 0 unspecified atom stereocenters. The number of thiol groups is 1. The minimum absolute atomic E-state index is 1.03. The average Bonchev–Trinajstić information content (AvgIpc) is 2.75. The summed E-state index contributed by atoms with van der Waals surface area (Å²) in [5, 5.41) is 4.13. The maximum atomic E-state index is 4.79. The second-order valence-electron chi connectivity index (χ2n) is 7.67. The van der Waals surface area contributed by atoms with E-state index in [4.69, 9.17) is 12.6 Å². The van der Waals surface area contributed by atoms with Crippen molar-refractivity contribution in [2.75, 3.05) is 0 Å². The average molecular weight is 446 g/mol. The Bertz CT molecular complexity index is 1020. The molecule has 0 aliphatic heterocycles. The van der Waals surface area contributed by atoms with Crippen LogP contribution in [-0.4, -0.2) is 0 Å². The number of benzene rings is 4. The molecule has 150 valence electrons. The molecule has 0 saturated heterocycles. The standard InChI is InChI=1S/C27H25PS2/c1-20-8-14-23(15-9-20)28(24-16-10-21(2)11-17-24,25-18-12-22(3)13-19-25)30-27-7-5-4-6-26(27)29/h4-19H,1-3H3/p+1. The van der Waals surface area contributed by atoms with Gasteiger partial charge in [0, 0.05) is 4.90 Å².